The van der Waals surface area contributed by atoms with Crippen LogP contribution in [0.2, 0.25) is 0 Å². The third kappa shape index (κ3) is 2.43. The van der Waals surface area contributed by atoms with Crippen molar-refractivity contribution in [1.82, 2.24) is 4.90 Å². The molecule has 1 aliphatic rings. The summed E-state index contributed by atoms with van der Waals surface area (Å²) < 4.78 is 5.07. The molecule has 1 N–H and O–H groups in total. The number of carboxylic acids is 1. The van der Waals surface area contributed by atoms with Crippen molar-refractivity contribution in [3.63, 3.8) is 0 Å². The summed E-state index contributed by atoms with van der Waals surface area (Å²) in [5.41, 5.74) is 0. The highest BCUT2D eigenvalue weighted by atomic mass is 79.9. The minimum Gasteiger partial charge on any atom is -0.479 e. The van der Waals surface area contributed by atoms with Gasteiger partial charge >= 0.3 is 5.97 Å². The van der Waals surface area contributed by atoms with Crippen LogP contribution in [0.25, 0.3) is 0 Å². The van der Waals surface area contributed by atoms with Crippen LogP contribution in [0.5, 0.6) is 0 Å². The first-order valence-electron chi connectivity index (χ1n) is 3.40. The van der Waals surface area contributed by atoms with Crippen molar-refractivity contribution in [2.24, 2.45) is 0 Å². The molecule has 1 saturated heterocycles. The second-order valence-electron chi connectivity index (χ2n) is 2.32. The van der Waals surface area contributed by atoms with E-state index in [2.05, 4.69) is 15.9 Å². The second kappa shape index (κ2) is 4.04. The molecule has 1 rings (SSSR count). The third-order valence-corrected chi connectivity index (χ3v) is 2.54. The summed E-state index contributed by atoms with van der Waals surface area (Å²) in [6, 6.07) is 0. The Hall–Kier alpha value is -0.130. The van der Waals surface area contributed by atoms with Crippen LogP contribution in [0.3, 0.4) is 0 Å². The summed E-state index contributed by atoms with van der Waals surface area (Å²) >= 11 is 3.07. The molecule has 11 heavy (non-hydrogen) atoms. The Morgan fingerprint density at radius 1 is 1.55 bits per heavy atom. The number of nitrogens with zero attached hydrogens (tertiary/aromatic N) is 1. The van der Waals surface area contributed by atoms with Gasteiger partial charge in [-0.1, -0.05) is 15.9 Å². The van der Waals surface area contributed by atoms with Gasteiger partial charge in [0, 0.05) is 13.1 Å². The number of halogens is 1. The number of ether oxygens (including phenoxy) is 1. The molecular weight excluding hydrogens is 214 g/mol. The zero-order chi connectivity index (χ0) is 8.27. The molecule has 1 heterocycles. The van der Waals surface area contributed by atoms with Crippen LogP contribution in [-0.2, 0) is 9.53 Å². The maximum absolute atomic E-state index is 10.5. The van der Waals surface area contributed by atoms with Crippen LogP contribution in [0.15, 0.2) is 0 Å². The van der Waals surface area contributed by atoms with Gasteiger partial charge in [-0.15, -0.1) is 0 Å². The molecule has 1 aliphatic heterocycles. The van der Waals surface area contributed by atoms with Gasteiger partial charge in [-0.2, -0.15) is 0 Å². The highest BCUT2D eigenvalue weighted by Crippen LogP contribution is 2.09. The van der Waals surface area contributed by atoms with Crippen molar-refractivity contribution >= 4 is 21.9 Å². The third-order valence-electron chi connectivity index (χ3n) is 1.57. The van der Waals surface area contributed by atoms with E-state index < -0.39 is 10.9 Å². The first-order chi connectivity index (χ1) is 5.22. The lowest BCUT2D eigenvalue weighted by Gasteiger charge is -2.28. The van der Waals surface area contributed by atoms with Crippen molar-refractivity contribution in [3.05, 3.63) is 0 Å². The monoisotopic (exact) mass is 223 g/mol. The molecule has 0 radical (unpaired) electrons. The molecule has 0 saturated carbocycles. The van der Waals surface area contributed by atoms with Gasteiger partial charge in [0.15, 0.2) is 4.95 Å². The molecule has 1 fully saturated rings. The van der Waals surface area contributed by atoms with Gasteiger partial charge in [0.1, 0.15) is 0 Å². The Bertz CT molecular complexity index is 147. The maximum Gasteiger partial charge on any atom is 0.332 e. The van der Waals surface area contributed by atoms with E-state index in [9.17, 15) is 4.79 Å². The molecule has 4 nitrogen and oxygen atoms in total. The van der Waals surface area contributed by atoms with Gasteiger partial charge < -0.3 is 9.84 Å². The normalized spacial score (nSPS) is 23.0. The Balaban J connectivity index is 2.38. The first-order valence-corrected chi connectivity index (χ1v) is 4.32. The molecule has 0 amide bonds. The summed E-state index contributed by atoms with van der Waals surface area (Å²) in [5, 5.41) is 8.60. The lowest BCUT2D eigenvalue weighted by molar-refractivity contribution is -0.140. The molecule has 1 unspecified atom stereocenters. The van der Waals surface area contributed by atoms with Crippen LogP contribution < -0.4 is 0 Å². The fraction of sp³-hybridized carbons (Fsp3) is 0.833. The first kappa shape index (κ1) is 8.96. The van der Waals surface area contributed by atoms with Gasteiger partial charge in [-0.3, -0.25) is 4.90 Å². The molecule has 1 atom stereocenters. The number of aliphatic carboxylic acids is 1. The van der Waals surface area contributed by atoms with Crippen LogP contribution in [0, 0.1) is 0 Å². The minimum absolute atomic E-state index is 0.564. The number of carbonyl (C=O) groups is 1. The molecule has 0 aromatic heterocycles. The van der Waals surface area contributed by atoms with Crippen molar-refractivity contribution < 1.29 is 14.6 Å². The highest BCUT2D eigenvalue weighted by Gasteiger charge is 2.23. The van der Waals surface area contributed by atoms with Crippen molar-refractivity contribution in [2.45, 2.75) is 4.95 Å². The Labute approximate surface area is 73.3 Å². The van der Waals surface area contributed by atoms with E-state index in [0.717, 1.165) is 0 Å². The smallest absolute Gasteiger partial charge is 0.332 e. The molecule has 0 aliphatic carbocycles. The van der Waals surface area contributed by atoms with E-state index in [1.165, 1.54) is 0 Å². The fourth-order valence-electron chi connectivity index (χ4n) is 0.960. The summed E-state index contributed by atoms with van der Waals surface area (Å²) in [6.07, 6.45) is 0. The molecular formula is C6H10BrNO3. The van der Waals surface area contributed by atoms with Crippen LogP contribution >= 0.6 is 15.9 Å². The maximum atomic E-state index is 10.5. The van der Waals surface area contributed by atoms with Gasteiger partial charge in [0.05, 0.1) is 13.2 Å². The van der Waals surface area contributed by atoms with Gasteiger partial charge in [-0.05, 0) is 0 Å². The minimum atomic E-state index is -0.841. The quantitative estimate of drug-likeness (QED) is 0.534. The highest BCUT2D eigenvalue weighted by molar-refractivity contribution is 9.09. The van der Waals surface area contributed by atoms with E-state index in [4.69, 9.17) is 9.84 Å². The SMILES string of the molecule is O=C(O)C(Br)N1CCOCC1. The van der Waals surface area contributed by atoms with E-state index in [1.54, 1.807) is 0 Å². The average Bonchev–Trinajstić information content (AvgIpc) is 2.05. The number of carboxylic acid groups (broad SMARTS) is 1. The largest absolute Gasteiger partial charge is 0.479 e. The number of hydrogen-bond acceptors (Lipinski definition) is 3. The Morgan fingerprint density at radius 2 is 2.09 bits per heavy atom. The summed E-state index contributed by atoms with van der Waals surface area (Å²) in [5.74, 6) is -0.841. The van der Waals surface area contributed by atoms with Crippen molar-refractivity contribution in [2.75, 3.05) is 26.3 Å². The summed E-state index contributed by atoms with van der Waals surface area (Å²) in [7, 11) is 0. The van der Waals surface area contributed by atoms with Crippen molar-refractivity contribution in [3.8, 4) is 0 Å². The van der Waals surface area contributed by atoms with E-state index >= 15 is 0 Å². The lowest BCUT2D eigenvalue weighted by Crippen LogP contribution is -2.44. The number of hydrogen-bond donors (Lipinski definition) is 1. The zero-order valence-electron chi connectivity index (χ0n) is 5.99. The standard InChI is InChI=1S/C6H10BrNO3/c7-5(6(9)10)8-1-3-11-4-2-8/h5H,1-4H2,(H,9,10). The van der Waals surface area contributed by atoms with Crippen LogP contribution in [0.1, 0.15) is 0 Å². The summed E-state index contributed by atoms with van der Waals surface area (Å²) in [6.45, 7) is 2.61. The van der Waals surface area contributed by atoms with E-state index in [0.29, 0.717) is 26.3 Å². The van der Waals surface area contributed by atoms with E-state index in [1.807, 2.05) is 4.90 Å². The Kier molecular flexibility index (Phi) is 3.29. The second-order valence-corrected chi connectivity index (χ2v) is 3.19. The number of rotatable bonds is 2. The molecule has 0 bridgehead atoms. The van der Waals surface area contributed by atoms with Gasteiger partial charge in [0.25, 0.3) is 0 Å². The Morgan fingerprint density at radius 3 is 2.55 bits per heavy atom. The van der Waals surface area contributed by atoms with Gasteiger partial charge in [-0.25, -0.2) is 4.79 Å². The molecule has 0 spiro atoms. The predicted molar refractivity (Wildman–Crippen MR) is 42.7 cm³/mol. The topological polar surface area (TPSA) is 49.8 Å². The molecule has 5 heteroatoms. The number of alkyl halides is 1. The zero-order valence-corrected chi connectivity index (χ0v) is 7.58. The predicted octanol–water partition coefficient (Wildman–Crippen LogP) is 0.124. The van der Waals surface area contributed by atoms with E-state index in [-0.39, 0.29) is 0 Å². The van der Waals surface area contributed by atoms with Crippen molar-refractivity contribution in [1.29, 1.82) is 0 Å². The molecule has 0 aromatic rings. The van der Waals surface area contributed by atoms with Crippen LogP contribution in [-0.4, -0.2) is 47.2 Å². The lowest BCUT2D eigenvalue weighted by atomic mass is 10.4. The summed E-state index contributed by atoms with van der Waals surface area (Å²) in [4.78, 5) is 11.7. The van der Waals surface area contributed by atoms with Gasteiger partial charge in [0.2, 0.25) is 0 Å². The van der Waals surface area contributed by atoms with Crippen LogP contribution in [0.4, 0.5) is 0 Å². The number of morpholine rings is 1. The molecule has 64 valence electrons. The fourth-order valence-corrected chi connectivity index (χ4v) is 1.37. The average molecular weight is 224 g/mol. The molecule has 0 aromatic carbocycles.